The number of ether oxygens (including phenoxy) is 3. The number of hydrogen-bond acceptors (Lipinski definition) is 5. The average molecular weight is 294 g/mol. The first-order chi connectivity index (χ1) is 10.1. The highest BCUT2D eigenvalue weighted by atomic mass is 16.5. The summed E-state index contributed by atoms with van der Waals surface area (Å²) in [7, 11) is 1.58. The molecule has 0 fully saturated rings. The Balaban J connectivity index is 2.80. The fraction of sp³-hybridized carbons (Fsp3) is 0.500. The molecule has 0 heterocycles. The lowest BCUT2D eigenvalue weighted by Crippen LogP contribution is -2.18. The van der Waals surface area contributed by atoms with Crippen molar-refractivity contribution in [1.29, 1.82) is 0 Å². The Morgan fingerprint density at radius 1 is 1.05 bits per heavy atom. The maximum atomic E-state index is 12.1. The van der Waals surface area contributed by atoms with Crippen molar-refractivity contribution in [2.75, 3.05) is 20.3 Å². The van der Waals surface area contributed by atoms with E-state index in [1.165, 1.54) is 0 Å². The predicted octanol–water partition coefficient (Wildman–Crippen LogP) is 2.69. The molecule has 0 amide bonds. The van der Waals surface area contributed by atoms with Crippen LogP contribution in [0.5, 0.6) is 5.75 Å². The summed E-state index contributed by atoms with van der Waals surface area (Å²) in [5, 5.41) is 0. The molecule has 116 valence electrons. The Kier molecular flexibility index (Phi) is 7.29. The molecule has 1 unspecified atom stereocenters. The van der Waals surface area contributed by atoms with Gasteiger partial charge in [-0.2, -0.15) is 0 Å². The van der Waals surface area contributed by atoms with Crippen LogP contribution >= 0.6 is 0 Å². The SMILES string of the molecule is CCOC(=O)CCC(C(=O)OCC)c1ccc(OC)cc1. The maximum Gasteiger partial charge on any atom is 0.313 e. The van der Waals surface area contributed by atoms with Gasteiger partial charge in [-0.1, -0.05) is 12.1 Å². The molecule has 0 aromatic heterocycles. The van der Waals surface area contributed by atoms with Gasteiger partial charge in [0.05, 0.1) is 26.2 Å². The number of carbonyl (C=O) groups excluding carboxylic acids is 2. The van der Waals surface area contributed by atoms with Gasteiger partial charge in [-0.15, -0.1) is 0 Å². The fourth-order valence-electron chi connectivity index (χ4n) is 2.00. The van der Waals surface area contributed by atoms with E-state index in [4.69, 9.17) is 14.2 Å². The van der Waals surface area contributed by atoms with Crippen molar-refractivity contribution in [3.8, 4) is 5.75 Å². The second-order valence-corrected chi connectivity index (χ2v) is 4.42. The molecule has 0 aliphatic rings. The zero-order valence-electron chi connectivity index (χ0n) is 12.8. The molecule has 0 saturated heterocycles. The summed E-state index contributed by atoms with van der Waals surface area (Å²) in [5.41, 5.74) is 0.804. The highest BCUT2D eigenvalue weighted by Crippen LogP contribution is 2.25. The maximum absolute atomic E-state index is 12.1. The van der Waals surface area contributed by atoms with E-state index >= 15 is 0 Å². The Hall–Kier alpha value is -2.04. The molecular weight excluding hydrogens is 272 g/mol. The van der Waals surface area contributed by atoms with E-state index < -0.39 is 5.92 Å². The summed E-state index contributed by atoms with van der Waals surface area (Å²) in [6, 6.07) is 7.19. The van der Waals surface area contributed by atoms with Crippen LogP contribution in [-0.4, -0.2) is 32.3 Å². The molecule has 5 heteroatoms. The van der Waals surface area contributed by atoms with E-state index in [0.29, 0.717) is 25.4 Å². The molecule has 1 aromatic carbocycles. The highest BCUT2D eigenvalue weighted by molar-refractivity contribution is 5.79. The van der Waals surface area contributed by atoms with Crippen molar-refractivity contribution < 1.29 is 23.8 Å². The van der Waals surface area contributed by atoms with E-state index in [1.807, 2.05) is 12.1 Å². The van der Waals surface area contributed by atoms with Crippen molar-refractivity contribution in [2.24, 2.45) is 0 Å². The summed E-state index contributed by atoms with van der Waals surface area (Å²) in [5.74, 6) is -0.390. The van der Waals surface area contributed by atoms with Crippen LogP contribution in [0.15, 0.2) is 24.3 Å². The van der Waals surface area contributed by atoms with Gasteiger partial charge in [-0.3, -0.25) is 9.59 Å². The summed E-state index contributed by atoms with van der Waals surface area (Å²) < 4.78 is 15.1. The number of methoxy groups -OCH3 is 1. The Labute approximate surface area is 125 Å². The minimum absolute atomic E-state index is 0.184. The molecular formula is C16H22O5. The molecule has 0 aliphatic heterocycles. The molecule has 0 saturated carbocycles. The van der Waals surface area contributed by atoms with Crippen LogP contribution in [0, 0.1) is 0 Å². The number of rotatable bonds is 8. The summed E-state index contributed by atoms with van der Waals surface area (Å²) in [6.07, 6.45) is 0.549. The van der Waals surface area contributed by atoms with E-state index in [2.05, 4.69) is 0 Å². The fourth-order valence-corrected chi connectivity index (χ4v) is 2.00. The van der Waals surface area contributed by atoms with Crippen LogP contribution in [0.2, 0.25) is 0 Å². The molecule has 0 bridgehead atoms. The summed E-state index contributed by atoms with van der Waals surface area (Å²) in [4.78, 5) is 23.5. The molecule has 0 spiro atoms. The van der Waals surface area contributed by atoms with Crippen molar-refractivity contribution in [2.45, 2.75) is 32.6 Å². The van der Waals surface area contributed by atoms with Crippen LogP contribution in [0.3, 0.4) is 0 Å². The first-order valence-electron chi connectivity index (χ1n) is 7.08. The van der Waals surface area contributed by atoms with Crippen LogP contribution in [-0.2, 0) is 19.1 Å². The zero-order chi connectivity index (χ0) is 15.7. The van der Waals surface area contributed by atoms with Gasteiger partial charge in [0.15, 0.2) is 0 Å². The quantitative estimate of drug-likeness (QED) is 0.690. The Morgan fingerprint density at radius 3 is 2.19 bits per heavy atom. The largest absolute Gasteiger partial charge is 0.497 e. The van der Waals surface area contributed by atoms with Crippen molar-refractivity contribution in [3.05, 3.63) is 29.8 Å². The topological polar surface area (TPSA) is 61.8 Å². The standard InChI is InChI=1S/C16H22O5/c1-4-20-15(17)11-10-14(16(18)21-5-2)12-6-8-13(19-3)9-7-12/h6-9,14H,4-5,10-11H2,1-3H3. The molecule has 0 aliphatic carbocycles. The predicted molar refractivity (Wildman–Crippen MR) is 78.2 cm³/mol. The molecule has 1 rings (SSSR count). The average Bonchev–Trinajstić information content (AvgIpc) is 2.48. The lowest BCUT2D eigenvalue weighted by molar-refractivity contribution is -0.146. The van der Waals surface area contributed by atoms with E-state index in [9.17, 15) is 9.59 Å². The molecule has 21 heavy (non-hydrogen) atoms. The smallest absolute Gasteiger partial charge is 0.313 e. The zero-order valence-corrected chi connectivity index (χ0v) is 12.8. The first kappa shape index (κ1) is 17.0. The van der Waals surface area contributed by atoms with Crippen LogP contribution in [0.25, 0.3) is 0 Å². The lowest BCUT2D eigenvalue weighted by Gasteiger charge is -2.16. The number of benzene rings is 1. The van der Waals surface area contributed by atoms with Crippen LogP contribution in [0.4, 0.5) is 0 Å². The third kappa shape index (κ3) is 5.45. The third-order valence-electron chi connectivity index (χ3n) is 3.03. The monoisotopic (exact) mass is 294 g/mol. The molecule has 1 aromatic rings. The Bertz CT molecular complexity index is 452. The van der Waals surface area contributed by atoms with Crippen LogP contribution < -0.4 is 4.74 Å². The highest BCUT2D eigenvalue weighted by Gasteiger charge is 2.23. The van der Waals surface area contributed by atoms with Gasteiger partial charge < -0.3 is 14.2 Å². The van der Waals surface area contributed by atoms with E-state index in [1.54, 1.807) is 33.1 Å². The van der Waals surface area contributed by atoms with Gasteiger partial charge in [-0.25, -0.2) is 0 Å². The minimum atomic E-state index is -0.472. The second kappa shape index (κ2) is 9.00. The van der Waals surface area contributed by atoms with Gasteiger partial charge in [0, 0.05) is 6.42 Å². The van der Waals surface area contributed by atoms with Gasteiger partial charge in [-0.05, 0) is 38.0 Å². The van der Waals surface area contributed by atoms with Crippen LogP contribution in [0.1, 0.15) is 38.2 Å². The Morgan fingerprint density at radius 2 is 1.67 bits per heavy atom. The molecule has 1 atom stereocenters. The molecule has 5 nitrogen and oxygen atoms in total. The summed E-state index contributed by atoms with van der Waals surface area (Å²) in [6.45, 7) is 4.16. The number of hydrogen-bond donors (Lipinski definition) is 0. The van der Waals surface area contributed by atoms with Gasteiger partial charge in [0.25, 0.3) is 0 Å². The molecule has 0 N–H and O–H groups in total. The molecule has 0 radical (unpaired) electrons. The van der Waals surface area contributed by atoms with Gasteiger partial charge in [0.1, 0.15) is 5.75 Å². The van der Waals surface area contributed by atoms with Gasteiger partial charge in [0.2, 0.25) is 0 Å². The second-order valence-electron chi connectivity index (χ2n) is 4.42. The van der Waals surface area contributed by atoms with E-state index in [0.717, 1.165) is 5.56 Å². The normalized spacial score (nSPS) is 11.6. The first-order valence-corrected chi connectivity index (χ1v) is 7.08. The summed E-state index contributed by atoms with van der Waals surface area (Å²) >= 11 is 0. The number of carbonyl (C=O) groups is 2. The lowest BCUT2D eigenvalue weighted by atomic mass is 9.94. The van der Waals surface area contributed by atoms with Crippen molar-refractivity contribution >= 4 is 11.9 Å². The van der Waals surface area contributed by atoms with Gasteiger partial charge >= 0.3 is 11.9 Å². The van der Waals surface area contributed by atoms with Crippen molar-refractivity contribution in [1.82, 2.24) is 0 Å². The van der Waals surface area contributed by atoms with E-state index in [-0.39, 0.29) is 18.4 Å². The number of esters is 2. The third-order valence-corrected chi connectivity index (χ3v) is 3.03. The minimum Gasteiger partial charge on any atom is -0.497 e. The van der Waals surface area contributed by atoms with Crippen molar-refractivity contribution in [3.63, 3.8) is 0 Å².